The third-order valence-corrected chi connectivity index (χ3v) is 5.34. The van der Waals surface area contributed by atoms with Crippen LogP contribution in [0.3, 0.4) is 0 Å². The van der Waals surface area contributed by atoms with E-state index in [1.807, 2.05) is 91.2 Å². The first kappa shape index (κ1) is 20.4. The molecule has 4 rings (SSSR count). The number of hydrogen-bond donors (Lipinski definition) is 1. The van der Waals surface area contributed by atoms with E-state index in [1.54, 1.807) is 13.0 Å². The third kappa shape index (κ3) is 4.21. The van der Waals surface area contributed by atoms with Crippen molar-refractivity contribution in [2.75, 3.05) is 5.32 Å². The highest BCUT2D eigenvalue weighted by Crippen LogP contribution is 2.22. The van der Waals surface area contributed by atoms with Gasteiger partial charge in [0, 0.05) is 22.8 Å². The van der Waals surface area contributed by atoms with E-state index in [4.69, 9.17) is 4.74 Å². The van der Waals surface area contributed by atoms with Gasteiger partial charge in [-0.2, -0.15) is 0 Å². The summed E-state index contributed by atoms with van der Waals surface area (Å²) in [5.41, 5.74) is 3.78. The molecule has 1 N–H and O–H groups in total. The Hall–Kier alpha value is -3.86. The Morgan fingerprint density at radius 2 is 1.55 bits per heavy atom. The summed E-state index contributed by atoms with van der Waals surface area (Å²) in [6, 6.07) is 25.2. The van der Waals surface area contributed by atoms with Crippen LogP contribution >= 0.6 is 0 Å². The molecule has 0 saturated carbocycles. The lowest BCUT2D eigenvalue weighted by atomic mass is 10.1. The molecular formula is C26H24N2O3. The lowest BCUT2D eigenvalue weighted by Gasteiger charge is -2.14. The Balaban J connectivity index is 1.47. The zero-order valence-electron chi connectivity index (χ0n) is 17.8. The van der Waals surface area contributed by atoms with E-state index in [0.717, 1.165) is 27.8 Å². The number of aromatic nitrogens is 1. The largest absolute Gasteiger partial charge is 0.449 e. The summed E-state index contributed by atoms with van der Waals surface area (Å²) in [7, 11) is 0. The van der Waals surface area contributed by atoms with Crippen molar-refractivity contribution in [2.45, 2.75) is 26.9 Å². The van der Waals surface area contributed by atoms with Crippen molar-refractivity contribution in [3.8, 4) is 5.69 Å². The number of ether oxygens (including phenoxy) is 1. The van der Waals surface area contributed by atoms with Crippen molar-refractivity contribution in [1.82, 2.24) is 4.57 Å². The molecule has 1 atom stereocenters. The number of rotatable bonds is 5. The predicted molar refractivity (Wildman–Crippen MR) is 123 cm³/mol. The fourth-order valence-corrected chi connectivity index (χ4v) is 3.73. The van der Waals surface area contributed by atoms with E-state index < -0.39 is 12.1 Å². The van der Waals surface area contributed by atoms with Gasteiger partial charge in [0.1, 0.15) is 0 Å². The van der Waals surface area contributed by atoms with Crippen LogP contribution in [0.4, 0.5) is 5.69 Å². The average molecular weight is 412 g/mol. The molecule has 4 aromatic rings. The van der Waals surface area contributed by atoms with Crippen molar-refractivity contribution in [1.29, 1.82) is 0 Å². The van der Waals surface area contributed by atoms with Gasteiger partial charge in [-0.1, -0.05) is 48.5 Å². The van der Waals surface area contributed by atoms with Crippen LogP contribution in [0.1, 0.15) is 28.7 Å². The quantitative estimate of drug-likeness (QED) is 0.445. The molecule has 0 aliphatic carbocycles. The summed E-state index contributed by atoms with van der Waals surface area (Å²) in [5, 5.41) is 4.94. The second-order valence-corrected chi connectivity index (χ2v) is 7.55. The first-order valence-electron chi connectivity index (χ1n) is 10.2. The van der Waals surface area contributed by atoms with Gasteiger partial charge in [-0.3, -0.25) is 4.79 Å². The smallest absolute Gasteiger partial charge is 0.340 e. The van der Waals surface area contributed by atoms with Gasteiger partial charge in [-0.05, 0) is 61.9 Å². The fourth-order valence-electron chi connectivity index (χ4n) is 3.73. The van der Waals surface area contributed by atoms with E-state index in [9.17, 15) is 9.59 Å². The maximum atomic E-state index is 12.8. The molecule has 0 unspecified atom stereocenters. The monoisotopic (exact) mass is 412 g/mol. The molecule has 0 aliphatic rings. The summed E-state index contributed by atoms with van der Waals surface area (Å²) in [4.78, 5) is 25.4. The van der Waals surface area contributed by atoms with E-state index in [0.29, 0.717) is 11.3 Å². The van der Waals surface area contributed by atoms with Crippen LogP contribution in [-0.4, -0.2) is 22.5 Å². The Labute approximate surface area is 181 Å². The minimum absolute atomic E-state index is 0.375. The molecule has 31 heavy (non-hydrogen) atoms. The molecule has 0 spiro atoms. The van der Waals surface area contributed by atoms with Gasteiger partial charge < -0.3 is 14.6 Å². The number of nitrogens with zero attached hydrogens (tertiary/aromatic N) is 1. The first-order valence-corrected chi connectivity index (χ1v) is 10.2. The van der Waals surface area contributed by atoms with Crippen molar-refractivity contribution < 1.29 is 14.3 Å². The second kappa shape index (κ2) is 8.48. The molecule has 0 fully saturated rings. The number of carbonyl (C=O) groups is 2. The molecule has 0 saturated heterocycles. The highest BCUT2D eigenvalue weighted by atomic mass is 16.5. The summed E-state index contributed by atoms with van der Waals surface area (Å²) < 4.78 is 7.48. The van der Waals surface area contributed by atoms with Crippen LogP contribution < -0.4 is 5.32 Å². The first-order chi connectivity index (χ1) is 14.9. The number of para-hydroxylation sites is 1. The Morgan fingerprint density at radius 3 is 2.29 bits per heavy atom. The van der Waals surface area contributed by atoms with Gasteiger partial charge in [0.15, 0.2) is 6.10 Å². The molecule has 1 heterocycles. The number of benzene rings is 3. The number of carbonyl (C=O) groups excluding carboxylic acids is 2. The number of nitrogens with one attached hydrogen (secondary N) is 1. The van der Waals surface area contributed by atoms with E-state index in [2.05, 4.69) is 5.32 Å². The second-order valence-electron chi connectivity index (χ2n) is 7.55. The summed E-state index contributed by atoms with van der Waals surface area (Å²) in [5.74, 6) is -0.892. The number of fused-ring (bicyclic) bond motifs is 1. The minimum Gasteiger partial charge on any atom is -0.449 e. The van der Waals surface area contributed by atoms with Gasteiger partial charge in [0.25, 0.3) is 5.91 Å². The topological polar surface area (TPSA) is 60.3 Å². The van der Waals surface area contributed by atoms with E-state index >= 15 is 0 Å². The summed E-state index contributed by atoms with van der Waals surface area (Å²) in [6.07, 6.45) is -0.932. The van der Waals surface area contributed by atoms with Gasteiger partial charge in [-0.25, -0.2) is 4.79 Å². The van der Waals surface area contributed by atoms with Crippen LogP contribution in [0.25, 0.3) is 16.5 Å². The van der Waals surface area contributed by atoms with Gasteiger partial charge in [0.05, 0.1) is 5.56 Å². The minimum atomic E-state index is -0.932. The Bertz CT molecular complexity index is 1260. The number of aryl methyl sites for hydroxylation is 1. The highest BCUT2D eigenvalue weighted by Gasteiger charge is 2.23. The van der Waals surface area contributed by atoms with Crippen LogP contribution in [0, 0.1) is 13.8 Å². The molecule has 0 aliphatic heterocycles. The zero-order chi connectivity index (χ0) is 22.0. The van der Waals surface area contributed by atoms with Gasteiger partial charge in [-0.15, -0.1) is 0 Å². The maximum absolute atomic E-state index is 12.8. The highest BCUT2D eigenvalue weighted by molar-refractivity contribution is 5.99. The van der Waals surface area contributed by atoms with Crippen molar-refractivity contribution >= 4 is 28.3 Å². The van der Waals surface area contributed by atoms with Crippen molar-refractivity contribution in [2.24, 2.45) is 0 Å². The number of anilines is 1. The molecule has 1 amide bonds. The molecule has 5 nitrogen and oxygen atoms in total. The average Bonchev–Trinajstić information content (AvgIpc) is 3.08. The van der Waals surface area contributed by atoms with E-state index in [-0.39, 0.29) is 5.91 Å². The van der Waals surface area contributed by atoms with E-state index in [1.165, 1.54) is 0 Å². The molecule has 3 aromatic carbocycles. The molecule has 0 radical (unpaired) electrons. The molecule has 1 aromatic heterocycles. The lowest BCUT2D eigenvalue weighted by molar-refractivity contribution is -0.123. The molecular weight excluding hydrogens is 388 g/mol. The summed E-state index contributed by atoms with van der Waals surface area (Å²) >= 11 is 0. The molecule has 0 bridgehead atoms. The standard InChI is InChI=1S/C26H24N2O3/c1-17-15-24(18(2)28(17)23-11-5-4-6-12-23)26(30)31-19(3)25(29)27-22-14-13-20-9-7-8-10-21(20)16-22/h4-16,19H,1-3H3,(H,27,29)/t19-/m0/s1. The number of hydrogen-bond acceptors (Lipinski definition) is 3. The lowest BCUT2D eigenvalue weighted by Crippen LogP contribution is -2.30. The predicted octanol–water partition coefficient (Wildman–Crippen LogP) is 5.43. The number of amides is 1. The zero-order valence-corrected chi connectivity index (χ0v) is 17.8. The third-order valence-electron chi connectivity index (χ3n) is 5.34. The van der Waals surface area contributed by atoms with Crippen molar-refractivity contribution in [3.63, 3.8) is 0 Å². The SMILES string of the molecule is Cc1cc(C(=O)O[C@@H](C)C(=O)Nc2ccc3ccccc3c2)c(C)n1-c1ccccc1. The normalized spacial score (nSPS) is 11.8. The molecule has 5 heteroatoms. The van der Waals surface area contributed by atoms with Crippen LogP contribution in [0.15, 0.2) is 78.9 Å². The number of esters is 1. The fraction of sp³-hybridized carbons (Fsp3) is 0.154. The molecule has 156 valence electrons. The van der Waals surface area contributed by atoms with Gasteiger partial charge in [0.2, 0.25) is 0 Å². The Kier molecular flexibility index (Phi) is 5.58. The summed E-state index contributed by atoms with van der Waals surface area (Å²) in [6.45, 7) is 5.38. The van der Waals surface area contributed by atoms with Crippen molar-refractivity contribution in [3.05, 3.63) is 95.8 Å². The van der Waals surface area contributed by atoms with Crippen LogP contribution in [-0.2, 0) is 9.53 Å². The van der Waals surface area contributed by atoms with Crippen LogP contribution in [0.2, 0.25) is 0 Å². The maximum Gasteiger partial charge on any atom is 0.340 e. The van der Waals surface area contributed by atoms with Gasteiger partial charge >= 0.3 is 5.97 Å². The Morgan fingerprint density at radius 1 is 0.871 bits per heavy atom. The van der Waals surface area contributed by atoms with Crippen LogP contribution in [0.5, 0.6) is 0 Å².